The van der Waals surface area contributed by atoms with Gasteiger partial charge < -0.3 is 9.90 Å². The molecule has 0 radical (unpaired) electrons. The van der Waals surface area contributed by atoms with Crippen LogP contribution in [0.5, 0.6) is 0 Å². The van der Waals surface area contributed by atoms with Crippen LogP contribution in [0.1, 0.15) is 18.9 Å². The number of rotatable bonds is 3. The number of aliphatic hydroxyl groups is 1. The van der Waals surface area contributed by atoms with Crippen molar-refractivity contribution in [2.24, 2.45) is 7.05 Å². The Morgan fingerprint density at radius 2 is 2.50 bits per heavy atom. The second-order valence-corrected chi connectivity index (χ2v) is 3.05. The van der Waals surface area contributed by atoms with Crippen molar-refractivity contribution in [1.29, 1.82) is 0 Å². The molecule has 1 aromatic rings. The molecule has 1 aromatic heterocycles. The molecule has 1 unspecified atom stereocenters. The molecule has 4 nitrogen and oxygen atoms in total. The monoisotopic (exact) mass is 168 g/mol. The largest absolute Gasteiger partial charge is 0.385 e. The van der Waals surface area contributed by atoms with Gasteiger partial charge in [0.05, 0.1) is 11.8 Å². The van der Waals surface area contributed by atoms with Gasteiger partial charge >= 0.3 is 0 Å². The van der Waals surface area contributed by atoms with Crippen molar-refractivity contribution in [2.75, 3.05) is 0 Å². The van der Waals surface area contributed by atoms with Crippen LogP contribution in [0.3, 0.4) is 0 Å². The summed E-state index contributed by atoms with van der Waals surface area (Å²) in [6.07, 6.45) is 4.05. The zero-order valence-corrected chi connectivity index (χ0v) is 7.19. The third kappa shape index (κ3) is 1.71. The van der Waals surface area contributed by atoms with E-state index in [0.717, 1.165) is 0 Å². The Kier molecular flexibility index (Phi) is 2.28. The van der Waals surface area contributed by atoms with Crippen LogP contribution in [0.2, 0.25) is 0 Å². The fourth-order valence-corrected chi connectivity index (χ4v) is 0.979. The van der Waals surface area contributed by atoms with Crippen LogP contribution < -0.4 is 0 Å². The van der Waals surface area contributed by atoms with E-state index in [-0.39, 0.29) is 6.42 Å². The number of carbonyl (C=O) groups is 1. The smallest absolute Gasteiger partial charge is 0.123 e. The molecule has 0 bridgehead atoms. The summed E-state index contributed by atoms with van der Waals surface area (Å²) in [5.41, 5.74) is -0.423. The van der Waals surface area contributed by atoms with Crippen LogP contribution in [-0.4, -0.2) is 21.2 Å². The second kappa shape index (κ2) is 3.06. The maximum absolute atomic E-state index is 10.2. The molecule has 0 spiro atoms. The first-order valence-electron chi connectivity index (χ1n) is 3.71. The summed E-state index contributed by atoms with van der Waals surface area (Å²) in [6.45, 7) is 1.60. The highest BCUT2D eigenvalue weighted by Crippen LogP contribution is 2.21. The van der Waals surface area contributed by atoms with Gasteiger partial charge in [-0.3, -0.25) is 4.68 Å². The molecule has 1 N–H and O–H groups in total. The predicted octanol–water partition coefficient (Wildman–Crippen LogP) is 0.217. The van der Waals surface area contributed by atoms with E-state index in [2.05, 4.69) is 5.10 Å². The lowest BCUT2D eigenvalue weighted by Gasteiger charge is -2.17. The minimum atomic E-state index is -1.09. The van der Waals surface area contributed by atoms with Gasteiger partial charge in [0.25, 0.3) is 0 Å². The summed E-state index contributed by atoms with van der Waals surface area (Å²) in [5, 5.41) is 13.6. The van der Waals surface area contributed by atoms with E-state index in [1.54, 1.807) is 31.0 Å². The Hall–Kier alpha value is -1.16. The van der Waals surface area contributed by atoms with Crippen molar-refractivity contribution in [1.82, 2.24) is 9.78 Å². The maximum Gasteiger partial charge on any atom is 0.123 e. The number of nitrogens with zero attached hydrogens (tertiary/aromatic N) is 2. The molecule has 0 saturated heterocycles. The molecule has 12 heavy (non-hydrogen) atoms. The quantitative estimate of drug-likeness (QED) is 0.657. The lowest BCUT2D eigenvalue weighted by atomic mass is 9.97. The molecule has 0 amide bonds. The highest BCUT2D eigenvalue weighted by atomic mass is 16.3. The summed E-state index contributed by atoms with van der Waals surface area (Å²) in [7, 11) is 1.76. The Labute approximate surface area is 70.8 Å². The number of aldehydes is 1. The Morgan fingerprint density at radius 3 is 2.92 bits per heavy atom. The van der Waals surface area contributed by atoms with Gasteiger partial charge in [0.1, 0.15) is 6.29 Å². The van der Waals surface area contributed by atoms with E-state index in [0.29, 0.717) is 11.8 Å². The highest BCUT2D eigenvalue weighted by Gasteiger charge is 2.23. The molecule has 0 fully saturated rings. The number of hydrogen-bond donors (Lipinski definition) is 1. The van der Waals surface area contributed by atoms with Gasteiger partial charge in [0, 0.05) is 25.2 Å². The third-order valence-electron chi connectivity index (χ3n) is 1.81. The minimum absolute atomic E-state index is 0.0959. The topological polar surface area (TPSA) is 55.1 Å². The van der Waals surface area contributed by atoms with Crippen molar-refractivity contribution >= 4 is 6.29 Å². The summed E-state index contributed by atoms with van der Waals surface area (Å²) in [4.78, 5) is 10.2. The minimum Gasteiger partial charge on any atom is -0.385 e. The van der Waals surface area contributed by atoms with Crippen molar-refractivity contribution in [3.8, 4) is 0 Å². The van der Waals surface area contributed by atoms with Crippen LogP contribution in [0.15, 0.2) is 12.4 Å². The van der Waals surface area contributed by atoms with Crippen molar-refractivity contribution in [3.63, 3.8) is 0 Å². The van der Waals surface area contributed by atoms with Gasteiger partial charge in [-0.05, 0) is 6.92 Å². The molecule has 0 saturated carbocycles. The summed E-state index contributed by atoms with van der Waals surface area (Å²) < 4.78 is 1.59. The van der Waals surface area contributed by atoms with Crippen LogP contribution in [0.4, 0.5) is 0 Å². The van der Waals surface area contributed by atoms with E-state index in [1.165, 1.54) is 0 Å². The summed E-state index contributed by atoms with van der Waals surface area (Å²) in [5.74, 6) is 0. The van der Waals surface area contributed by atoms with Gasteiger partial charge in [-0.15, -0.1) is 0 Å². The Bertz CT molecular complexity index is 278. The first-order valence-corrected chi connectivity index (χ1v) is 3.71. The molecule has 0 aliphatic rings. The molecule has 0 aliphatic carbocycles. The van der Waals surface area contributed by atoms with Gasteiger partial charge in [0.15, 0.2) is 0 Å². The molecular formula is C8H12N2O2. The van der Waals surface area contributed by atoms with Crippen molar-refractivity contribution in [3.05, 3.63) is 18.0 Å². The lowest BCUT2D eigenvalue weighted by Crippen LogP contribution is -2.20. The van der Waals surface area contributed by atoms with Crippen molar-refractivity contribution in [2.45, 2.75) is 18.9 Å². The molecule has 1 atom stereocenters. The Morgan fingerprint density at radius 1 is 1.83 bits per heavy atom. The predicted molar refractivity (Wildman–Crippen MR) is 43.5 cm³/mol. The normalized spacial score (nSPS) is 15.6. The Balaban J connectivity index is 2.88. The van der Waals surface area contributed by atoms with Crippen LogP contribution in [0, 0.1) is 0 Å². The maximum atomic E-state index is 10.2. The molecule has 1 rings (SSSR count). The van der Waals surface area contributed by atoms with E-state index in [4.69, 9.17) is 0 Å². The number of carbonyl (C=O) groups excluding carboxylic acids is 1. The average molecular weight is 168 g/mol. The first-order chi connectivity index (χ1) is 5.56. The molecular weight excluding hydrogens is 156 g/mol. The first kappa shape index (κ1) is 8.93. The average Bonchev–Trinajstić information content (AvgIpc) is 2.36. The zero-order chi connectivity index (χ0) is 9.19. The zero-order valence-electron chi connectivity index (χ0n) is 7.19. The van der Waals surface area contributed by atoms with Crippen LogP contribution >= 0.6 is 0 Å². The summed E-state index contributed by atoms with van der Waals surface area (Å²) >= 11 is 0. The standard InChI is InChI=1S/C8H12N2O2/c1-8(12,3-4-11)7-5-9-10(2)6-7/h4-6,12H,3H2,1-2H3. The number of hydrogen-bond acceptors (Lipinski definition) is 3. The van der Waals surface area contributed by atoms with E-state index in [9.17, 15) is 9.90 Å². The van der Waals surface area contributed by atoms with Crippen molar-refractivity contribution < 1.29 is 9.90 Å². The van der Waals surface area contributed by atoms with Gasteiger partial charge in [0.2, 0.25) is 0 Å². The van der Waals surface area contributed by atoms with Crippen LogP contribution in [-0.2, 0) is 17.4 Å². The van der Waals surface area contributed by atoms with E-state index >= 15 is 0 Å². The third-order valence-corrected chi connectivity index (χ3v) is 1.81. The lowest BCUT2D eigenvalue weighted by molar-refractivity contribution is -0.112. The van der Waals surface area contributed by atoms with Gasteiger partial charge in [-0.1, -0.05) is 0 Å². The number of aryl methyl sites for hydroxylation is 1. The fraction of sp³-hybridized carbons (Fsp3) is 0.500. The van der Waals surface area contributed by atoms with Gasteiger partial charge in [-0.2, -0.15) is 5.10 Å². The molecule has 66 valence electrons. The fourth-order valence-electron chi connectivity index (χ4n) is 0.979. The van der Waals surface area contributed by atoms with Crippen LogP contribution in [0.25, 0.3) is 0 Å². The highest BCUT2D eigenvalue weighted by molar-refractivity contribution is 5.52. The summed E-state index contributed by atoms with van der Waals surface area (Å²) in [6, 6.07) is 0. The van der Waals surface area contributed by atoms with E-state index < -0.39 is 5.60 Å². The van der Waals surface area contributed by atoms with Gasteiger partial charge in [-0.25, -0.2) is 0 Å². The molecule has 1 heterocycles. The SMILES string of the molecule is Cn1cc(C(C)(O)CC=O)cn1. The second-order valence-electron chi connectivity index (χ2n) is 3.05. The van der Waals surface area contributed by atoms with E-state index in [1.807, 2.05) is 0 Å². The molecule has 0 aromatic carbocycles. The molecule has 0 aliphatic heterocycles. The number of aromatic nitrogens is 2. The molecule has 4 heteroatoms.